The molecule has 1 N–H and O–H groups in total. The second-order valence-corrected chi connectivity index (χ2v) is 6.83. The van der Waals surface area contributed by atoms with Gasteiger partial charge in [0.15, 0.2) is 0 Å². The maximum absolute atomic E-state index is 13.6. The molecule has 5 nitrogen and oxygen atoms in total. The molecule has 2 aliphatic rings. The summed E-state index contributed by atoms with van der Waals surface area (Å²) in [5, 5.41) is 2.94. The molecular formula is C19H26FN3O2. The molecule has 1 atom stereocenters. The van der Waals surface area contributed by atoms with Crippen LogP contribution in [0.3, 0.4) is 0 Å². The van der Waals surface area contributed by atoms with E-state index in [1.807, 2.05) is 11.0 Å². The van der Waals surface area contributed by atoms with Gasteiger partial charge in [0.2, 0.25) is 5.91 Å². The van der Waals surface area contributed by atoms with Crippen LogP contribution in [0.4, 0.5) is 9.18 Å². The number of carbonyl (C=O) groups excluding carboxylic acids is 2. The topological polar surface area (TPSA) is 52.7 Å². The number of carbonyl (C=O) groups is 2. The van der Waals surface area contributed by atoms with Gasteiger partial charge in [-0.3, -0.25) is 4.79 Å². The van der Waals surface area contributed by atoms with Gasteiger partial charge in [-0.2, -0.15) is 0 Å². The van der Waals surface area contributed by atoms with Crippen LogP contribution in [0, 0.1) is 5.82 Å². The predicted octanol–water partition coefficient (Wildman–Crippen LogP) is 3.07. The van der Waals surface area contributed by atoms with Gasteiger partial charge in [0.25, 0.3) is 0 Å². The third-order valence-electron chi connectivity index (χ3n) is 5.08. The summed E-state index contributed by atoms with van der Waals surface area (Å²) in [4.78, 5) is 28.0. The zero-order valence-corrected chi connectivity index (χ0v) is 14.5. The Morgan fingerprint density at radius 1 is 1.20 bits per heavy atom. The van der Waals surface area contributed by atoms with Gasteiger partial charge in [-0.25, -0.2) is 9.18 Å². The monoisotopic (exact) mass is 347 g/mol. The van der Waals surface area contributed by atoms with Gasteiger partial charge >= 0.3 is 6.03 Å². The van der Waals surface area contributed by atoms with Crippen molar-refractivity contribution >= 4 is 11.9 Å². The lowest BCUT2D eigenvalue weighted by Crippen LogP contribution is -2.44. The molecule has 2 aliphatic heterocycles. The molecule has 1 aromatic rings. The second-order valence-electron chi connectivity index (χ2n) is 6.83. The lowest BCUT2D eigenvalue weighted by Gasteiger charge is -2.31. The first kappa shape index (κ1) is 17.7. The van der Waals surface area contributed by atoms with E-state index < -0.39 is 0 Å². The highest BCUT2D eigenvalue weighted by molar-refractivity contribution is 5.78. The Kier molecular flexibility index (Phi) is 5.89. The molecule has 136 valence electrons. The quantitative estimate of drug-likeness (QED) is 0.910. The lowest BCUT2D eigenvalue weighted by molar-refractivity contribution is -0.127. The Morgan fingerprint density at radius 3 is 2.84 bits per heavy atom. The minimum Gasteiger partial charge on any atom is -0.341 e. The van der Waals surface area contributed by atoms with Crippen molar-refractivity contribution < 1.29 is 14.0 Å². The van der Waals surface area contributed by atoms with Crippen LogP contribution in [0.25, 0.3) is 0 Å². The van der Waals surface area contributed by atoms with E-state index in [0.717, 1.165) is 44.2 Å². The highest BCUT2D eigenvalue weighted by Crippen LogP contribution is 2.30. The molecule has 0 saturated carbocycles. The maximum atomic E-state index is 13.6. The van der Waals surface area contributed by atoms with Crippen LogP contribution in [-0.2, 0) is 4.79 Å². The van der Waals surface area contributed by atoms with Gasteiger partial charge in [-0.05, 0) is 37.0 Å². The van der Waals surface area contributed by atoms with E-state index in [0.29, 0.717) is 26.1 Å². The summed E-state index contributed by atoms with van der Waals surface area (Å²) >= 11 is 0. The molecule has 0 spiro atoms. The SMILES string of the molecule is O=C1CCCN1CCNC(=O)N1CCCCCC1c1cccc(F)c1. The van der Waals surface area contributed by atoms with Crippen molar-refractivity contribution in [1.82, 2.24) is 15.1 Å². The third kappa shape index (κ3) is 4.50. The number of urea groups is 1. The molecule has 1 unspecified atom stereocenters. The summed E-state index contributed by atoms with van der Waals surface area (Å²) in [6, 6.07) is 6.33. The fourth-order valence-corrected chi connectivity index (χ4v) is 3.75. The molecule has 0 bridgehead atoms. The van der Waals surface area contributed by atoms with Gasteiger partial charge in [-0.1, -0.05) is 25.0 Å². The number of nitrogens with one attached hydrogen (secondary N) is 1. The number of benzene rings is 1. The van der Waals surface area contributed by atoms with Crippen molar-refractivity contribution in [3.8, 4) is 0 Å². The normalized spacial score (nSPS) is 21.3. The van der Waals surface area contributed by atoms with Crippen molar-refractivity contribution in [2.45, 2.75) is 44.6 Å². The van der Waals surface area contributed by atoms with E-state index in [1.54, 1.807) is 11.0 Å². The number of likely N-dealkylation sites (tertiary alicyclic amines) is 2. The van der Waals surface area contributed by atoms with Crippen LogP contribution in [-0.4, -0.2) is 47.9 Å². The number of rotatable bonds is 4. The first-order chi connectivity index (χ1) is 12.1. The van der Waals surface area contributed by atoms with Gasteiger partial charge in [0.05, 0.1) is 6.04 Å². The summed E-state index contributed by atoms with van der Waals surface area (Å²) in [5.41, 5.74) is 0.853. The Hall–Kier alpha value is -2.11. The second kappa shape index (κ2) is 8.32. The molecule has 3 amide bonds. The van der Waals surface area contributed by atoms with Crippen LogP contribution < -0.4 is 5.32 Å². The third-order valence-corrected chi connectivity index (χ3v) is 5.08. The molecule has 0 aliphatic carbocycles. The zero-order chi connectivity index (χ0) is 17.6. The molecule has 1 aromatic carbocycles. The van der Waals surface area contributed by atoms with Gasteiger partial charge in [-0.15, -0.1) is 0 Å². The van der Waals surface area contributed by atoms with Crippen molar-refractivity contribution in [2.24, 2.45) is 0 Å². The van der Waals surface area contributed by atoms with Crippen LogP contribution in [0.15, 0.2) is 24.3 Å². The first-order valence-corrected chi connectivity index (χ1v) is 9.23. The Balaban J connectivity index is 1.62. The number of nitrogens with zero attached hydrogens (tertiary/aromatic N) is 2. The summed E-state index contributed by atoms with van der Waals surface area (Å²) < 4.78 is 13.6. The van der Waals surface area contributed by atoms with Crippen molar-refractivity contribution in [1.29, 1.82) is 0 Å². The largest absolute Gasteiger partial charge is 0.341 e. The summed E-state index contributed by atoms with van der Waals surface area (Å²) in [6.07, 6.45) is 5.44. The van der Waals surface area contributed by atoms with E-state index in [2.05, 4.69) is 5.32 Å². The summed E-state index contributed by atoms with van der Waals surface area (Å²) in [6.45, 7) is 2.47. The van der Waals surface area contributed by atoms with Crippen LogP contribution in [0.1, 0.15) is 50.1 Å². The maximum Gasteiger partial charge on any atom is 0.317 e. The van der Waals surface area contributed by atoms with E-state index in [4.69, 9.17) is 0 Å². The van der Waals surface area contributed by atoms with E-state index in [9.17, 15) is 14.0 Å². The molecule has 2 saturated heterocycles. The van der Waals surface area contributed by atoms with Crippen LogP contribution in [0.5, 0.6) is 0 Å². The fraction of sp³-hybridized carbons (Fsp3) is 0.579. The van der Waals surface area contributed by atoms with E-state index in [1.165, 1.54) is 12.1 Å². The molecule has 0 radical (unpaired) electrons. The Bertz CT molecular complexity index is 622. The van der Waals surface area contributed by atoms with Gasteiger partial charge in [0, 0.05) is 32.6 Å². The Labute approximate surface area is 148 Å². The predicted molar refractivity (Wildman–Crippen MR) is 93.5 cm³/mol. The van der Waals surface area contributed by atoms with Gasteiger partial charge < -0.3 is 15.1 Å². The van der Waals surface area contributed by atoms with Crippen LogP contribution in [0.2, 0.25) is 0 Å². The number of hydrogen-bond acceptors (Lipinski definition) is 2. The highest BCUT2D eigenvalue weighted by atomic mass is 19.1. The smallest absolute Gasteiger partial charge is 0.317 e. The lowest BCUT2D eigenvalue weighted by atomic mass is 10.0. The fourth-order valence-electron chi connectivity index (χ4n) is 3.75. The van der Waals surface area contributed by atoms with E-state index >= 15 is 0 Å². The van der Waals surface area contributed by atoms with Crippen molar-refractivity contribution in [3.63, 3.8) is 0 Å². The standard InChI is InChI=1S/C19H26FN3O2/c20-16-7-4-6-15(14-16)17-8-2-1-3-12-23(17)19(25)21-10-13-22-11-5-9-18(22)24/h4,6-7,14,17H,1-3,5,8-13H2,(H,21,25). The molecule has 6 heteroatoms. The molecule has 3 rings (SSSR count). The summed E-state index contributed by atoms with van der Waals surface area (Å²) in [5.74, 6) is -0.101. The number of hydrogen-bond donors (Lipinski definition) is 1. The van der Waals surface area contributed by atoms with E-state index in [-0.39, 0.29) is 23.8 Å². The van der Waals surface area contributed by atoms with Gasteiger partial charge in [0.1, 0.15) is 5.82 Å². The molecule has 2 fully saturated rings. The molecular weight excluding hydrogens is 321 g/mol. The first-order valence-electron chi connectivity index (χ1n) is 9.23. The average Bonchev–Trinajstić information content (AvgIpc) is 2.86. The van der Waals surface area contributed by atoms with Crippen molar-refractivity contribution in [3.05, 3.63) is 35.6 Å². The molecule has 0 aromatic heterocycles. The van der Waals surface area contributed by atoms with Crippen LogP contribution >= 0.6 is 0 Å². The Morgan fingerprint density at radius 2 is 2.08 bits per heavy atom. The minimum absolute atomic E-state index is 0.0911. The summed E-state index contributed by atoms with van der Waals surface area (Å²) in [7, 11) is 0. The van der Waals surface area contributed by atoms with Crippen molar-refractivity contribution in [2.75, 3.05) is 26.2 Å². The highest BCUT2D eigenvalue weighted by Gasteiger charge is 2.27. The molecule has 25 heavy (non-hydrogen) atoms. The average molecular weight is 347 g/mol. The zero-order valence-electron chi connectivity index (χ0n) is 14.5. The number of halogens is 1. The molecule has 2 heterocycles. The number of amides is 3. The minimum atomic E-state index is -0.269.